The molecule has 2 heterocycles. The quantitative estimate of drug-likeness (QED) is 0.858. The molecule has 0 saturated carbocycles. The van der Waals surface area contributed by atoms with Gasteiger partial charge in [0.15, 0.2) is 0 Å². The Morgan fingerprint density at radius 2 is 2.19 bits per heavy atom. The molecule has 2 rings (SSSR count). The van der Waals surface area contributed by atoms with Gasteiger partial charge in [-0.1, -0.05) is 13.0 Å². The van der Waals surface area contributed by atoms with Gasteiger partial charge in [0.25, 0.3) is 0 Å². The van der Waals surface area contributed by atoms with Crippen molar-refractivity contribution < 1.29 is 4.42 Å². The second-order valence-corrected chi connectivity index (χ2v) is 3.86. The average molecular weight is 216 g/mol. The molecule has 0 aliphatic heterocycles. The number of aryl methyl sites for hydroxylation is 2. The third kappa shape index (κ3) is 1.99. The number of furan rings is 1. The SMILES string of the molecule is CCc1occc1C(N)c1ccc(C)nc1. The normalized spacial score (nSPS) is 12.7. The maximum atomic E-state index is 6.19. The Bertz CT molecular complexity index is 459. The largest absolute Gasteiger partial charge is 0.469 e. The molecule has 0 radical (unpaired) electrons. The van der Waals surface area contributed by atoms with Crippen LogP contribution in [0.1, 0.15) is 35.5 Å². The van der Waals surface area contributed by atoms with E-state index in [1.54, 1.807) is 6.26 Å². The van der Waals surface area contributed by atoms with Crippen LogP contribution in [0.15, 0.2) is 35.1 Å². The van der Waals surface area contributed by atoms with E-state index in [-0.39, 0.29) is 6.04 Å². The smallest absolute Gasteiger partial charge is 0.108 e. The van der Waals surface area contributed by atoms with E-state index in [2.05, 4.69) is 11.9 Å². The van der Waals surface area contributed by atoms with Gasteiger partial charge in [-0.2, -0.15) is 0 Å². The molecule has 3 heteroatoms. The molecule has 0 aliphatic carbocycles. The summed E-state index contributed by atoms with van der Waals surface area (Å²) in [7, 11) is 0. The summed E-state index contributed by atoms with van der Waals surface area (Å²) in [5, 5.41) is 0. The zero-order chi connectivity index (χ0) is 11.5. The minimum atomic E-state index is -0.151. The van der Waals surface area contributed by atoms with E-state index in [1.807, 2.05) is 31.3 Å². The van der Waals surface area contributed by atoms with Crippen molar-refractivity contribution in [2.45, 2.75) is 26.3 Å². The Labute approximate surface area is 95.3 Å². The van der Waals surface area contributed by atoms with Crippen LogP contribution in [-0.2, 0) is 6.42 Å². The predicted molar refractivity (Wildman–Crippen MR) is 63.1 cm³/mol. The number of nitrogens with two attached hydrogens (primary N) is 1. The number of hydrogen-bond donors (Lipinski definition) is 1. The Hall–Kier alpha value is -1.61. The van der Waals surface area contributed by atoms with E-state index >= 15 is 0 Å². The lowest BCUT2D eigenvalue weighted by molar-refractivity contribution is 0.509. The monoisotopic (exact) mass is 216 g/mol. The summed E-state index contributed by atoms with van der Waals surface area (Å²) in [5.41, 5.74) is 9.25. The number of hydrogen-bond acceptors (Lipinski definition) is 3. The molecule has 2 aromatic heterocycles. The van der Waals surface area contributed by atoms with Gasteiger partial charge in [0.2, 0.25) is 0 Å². The summed E-state index contributed by atoms with van der Waals surface area (Å²) in [5.74, 6) is 0.952. The minimum absolute atomic E-state index is 0.151. The van der Waals surface area contributed by atoms with Gasteiger partial charge in [-0.25, -0.2) is 0 Å². The zero-order valence-electron chi connectivity index (χ0n) is 9.60. The van der Waals surface area contributed by atoms with Gasteiger partial charge in [0.05, 0.1) is 12.3 Å². The molecular weight excluding hydrogens is 200 g/mol. The standard InChI is InChI=1S/C13H16N2O/c1-3-12-11(6-7-16-12)13(14)10-5-4-9(2)15-8-10/h4-8,13H,3,14H2,1-2H3. The van der Waals surface area contributed by atoms with E-state index < -0.39 is 0 Å². The Kier molecular flexibility index (Phi) is 3.06. The molecule has 2 aromatic rings. The number of pyridine rings is 1. The van der Waals surface area contributed by atoms with Crippen LogP contribution in [0.25, 0.3) is 0 Å². The zero-order valence-corrected chi connectivity index (χ0v) is 9.60. The first-order valence-corrected chi connectivity index (χ1v) is 5.46. The van der Waals surface area contributed by atoms with Crippen LogP contribution in [0, 0.1) is 6.92 Å². The molecule has 84 valence electrons. The summed E-state index contributed by atoms with van der Waals surface area (Å²) >= 11 is 0. The molecule has 0 bridgehead atoms. The first-order valence-electron chi connectivity index (χ1n) is 5.46. The van der Waals surface area contributed by atoms with Crippen LogP contribution in [0.2, 0.25) is 0 Å². The number of aromatic nitrogens is 1. The first-order chi connectivity index (χ1) is 7.72. The Morgan fingerprint density at radius 1 is 1.38 bits per heavy atom. The van der Waals surface area contributed by atoms with Crippen molar-refractivity contribution in [1.29, 1.82) is 0 Å². The maximum Gasteiger partial charge on any atom is 0.108 e. The molecule has 0 saturated heterocycles. The van der Waals surface area contributed by atoms with E-state index in [0.717, 1.165) is 29.0 Å². The Balaban J connectivity index is 2.31. The highest BCUT2D eigenvalue weighted by Gasteiger charge is 2.14. The second-order valence-electron chi connectivity index (χ2n) is 3.86. The predicted octanol–water partition coefficient (Wildman–Crippen LogP) is 2.59. The van der Waals surface area contributed by atoms with Gasteiger partial charge in [0.1, 0.15) is 5.76 Å². The summed E-state index contributed by atoms with van der Waals surface area (Å²) in [6.45, 7) is 4.02. The van der Waals surface area contributed by atoms with Gasteiger partial charge in [-0.15, -0.1) is 0 Å². The third-order valence-electron chi connectivity index (χ3n) is 2.73. The highest BCUT2D eigenvalue weighted by molar-refractivity contribution is 5.31. The van der Waals surface area contributed by atoms with Gasteiger partial charge >= 0.3 is 0 Å². The van der Waals surface area contributed by atoms with E-state index in [0.29, 0.717) is 0 Å². The summed E-state index contributed by atoms with van der Waals surface area (Å²) in [6.07, 6.45) is 4.37. The van der Waals surface area contributed by atoms with Crippen molar-refractivity contribution in [3.05, 3.63) is 53.2 Å². The van der Waals surface area contributed by atoms with Crippen LogP contribution in [0.4, 0.5) is 0 Å². The lowest BCUT2D eigenvalue weighted by Gasteiger charge is -2.11. The number of nitrogens with zero attached hydrogens (tertiary/aromatic N) is 1. The van der Waals surface area contributed by atoms with Gasteiger partial charge in [-0.3, -0.25) is 4.98 Å². The highest BCUT2D eigenvalue weighted by atomic mass is 16.3. The molecular formula is C13H16N2O. The lowest BCUT2D eigenvalue weighted by atomic mass is 10.0. The van der Waals surface area contributed by atoms with E-state index in [9.17, 15) is 0 Å². The average Bonchev–Trinajstić information content (AvgIpc) is 2.77. The molecule has 1 unspecified atom stereocenters. The molecule has 0 spiro atoms. The molecule has 16 heavy (non-hydrogen) atoms. The van der Waals surface area contributed by atoms with Gasteiger partial charge in [-0.05, 0) is 24.6 Å². The molecule has 0 fully saturated rings. The fourth-order valence-corrected chi connectivity index (χ4v) is 1.76. The van der Waals surface area contributed by atoms with Crippen molar-refractivity contribution >= 4 is 0 Å². The third-order valence-corrected chi connectivity index (χ3v) is 2.73. The second kappa shape index (κ2) is 4.49. The summed E-state index contributed by atoms with van der Waals surface area (Å²) < 4.78 is 5.38. The first kappa shape index (κ1) is 10.9. The Morgan fingerprint density at radius 3 is 2.81 bits per heavy atom. The maximum absolute atomic E-state index is 6.19. The molecule has 0 aromatic carbocycles. The van der Waals surface area contributed by atoms with Crippen LogP contribution in [0.3, 0.4) is 0 Å². The lowest BCUT2D eigenvalue weighted by Crippen LogP contribution is -2.13. The van der Waals surface area contributed by atoms with Crippen LogP contribution in [-0.4, -0.2) is 4.98 Å². The summed E-state index contributed by atoms with van der Waals surface area (Å²) in [6, 6.07) is 5.77. The van der Waals surface area contributed by atoms with Crippen LogP contribution < -0.4 is 5.73 Å². The molecule has 3 nitrogen and oxygen atoms in total. The molecule has 1 atom stereocenters. The molecule has 0 amide bonds. The van der Waals surface area contributed by atoms with Crippen molar-refractivity contribution in [3.8, 4) is 0 Å². The minimum Gasteiger partial charge on any atom is -0.469 e. The van der Waals surface area contributed by atoms with Crippen LogP contribution >= 0.6 is 0 Å². The fraction of sp³-hybridized carbons (Fsp3) is 0.308. The van der Waals surface area contributed by atoms with Gasteiger partial charge in [0, 0.05) is 23.9 Å². The fourth-order valence-electron chi connectivity index (χ4n) is 1.76. The van der Waals surface area contributed by atoms with E-state index in [4.69, 9.17) is 10.2 Å². The summed E-state index contributed by atoms with van der Waals surface area (Å²) in [4.78, 5) is 4.25. The van der Waals surface area contributed by atoms with Crippen molar-refractivity contribution in [1.82, 2.24) is 4.98 Å². The van der Waals surface area contributed by atoms with Gasteiger partial charge < -0.3 is 10.2 Å². The molecule has 0 aliphatic rings. The van der Waals surface area contributed by atoms with Crippen molar-refractivity contribution in [3.63, 3.8) is 0 Å². The van der Waals surface area contributed by atoms with Crippen LogP contribution in [0.5, 0.6) is 0 Å². The van der Waals surface area contributed by atoms with Crippen molar-refractivity contribution in [2.75, 3.05) is 0 Å². The van der Waals surface area contributed by atoms with Crippen molar-refractivity contribution in [2.24, 2.45) is 5.73 Å². The number of rotatable bonds is 3. The topological polar surface area (TPSA) is 52.0 Å². The van der Waals surface area contributed by atoms with E-state index in [1.165, 1.54) is 0 Å². The highest BCUT2D eigenvalue weighted by Crippen LogP contribution is 2.23. The molecule has 2 N–H and O–H groups in total.